The van der Waals surface area contributed by atoms with Crippen molar-refractivity contribution in [1.29, 1.82) is 0 Å². The predicted molar refractivity (Wildman–Crippen MR) is 72.0 cm³/mol. The van der Waals surface area contributed by atoms with E-state index in [4.69, 9.17) is 0 Å². The highest BCUT2D eigenvalue weighted by molar-refractivity contribution is 5.45. The molecule has 0 aliphatic heterocycles. The maximum absolute atomic E-state index is 3.41. The van der Waals surface area contributed by atoms with Crippen molar-refractivity contribution in [3.8, 4) is 0 Å². The molecule has 0 aliphatic rings. The number of nitrogens with zero attached hydrogens (tertiary/aromatic N) is 1. The number of anilines is 1. The van der Waals surface area contributed by atoms with Gasteiger partial charge in [-0.25, -0.2) is 0 Å². The van der Waals surface area contributed by atoms with Gasteiger partial charge >= 0.3 is 0 Å². The van der Waals surface area contributed by atoms with Gasteiger partial charge in [-0.1, -0.05) is 38.5 Å². The van der Waals surface area contributed by atoms with Gasteiger partial charge < -0.3 is 10.2 Å². The summed E-state index contributed by atoms with van der Waals surface area (Å²) in [6.07, 6.45) is 1.22. The van der Waals surface area contributed by atoms with E-state index in [1.165, 1.54) is 12.1 Å². The molecule has 1 N–H and O–H groups in total. The molecule has 16 heavy (non-hydrogen) atoms. The van der Waals surface area contributed by atoms with E-state index in [9.17, 15) is 0 Å². The Hall–Kier alpha value is -1.02. The van der Waals surface area contributed by atoms with E-state index in [2.05, 4.69) is 68.5 Å². The van der Waals surface area contributed by atoms with Crippen molar-refractivity contribution in [3.63, 3.8) is 0 Å². The Morgan fingerprint density at radius 2 is 1.88 bits per heavy atom. The fourth-order valence-corrected chi connectivity index (χ4v) is 1.92. The van der Waals surface area contributed by atoms with Crippen LogP contribution >= 0.6 is 0 Å². The number of hydrogen-bond acceptors (Lipinski definition) is 2. The number of nitrogens with one attached hydrogen (secondary N) is 1. The van der Waals surface area contributed by atoms with Crippen LogP contribution in [0.5, 0.6) is 0 Å². The summed E-state index contributed by atoms with van der Waals surface area (Å²) in [5.41, 5.74) is 1.28. The van der Waals surface area contributed by atoms with Gasteiger partial charge in [-0.3, -0.25) is 0 Å². The second-order valence-electron chi connectivity index (χ2n) is 4.50. The summed E-state index contributed by atoms with van der Waals surface area (Å²) in [7, 11) is 4.21. The summed E-state index contributed by atoms with van der Waals surface area (Å²) < 4.78 is 0. The summed E-state index contributed by atoms with van der Waals surface area (Å²) in [5.74, 6) is 0.705. The van der Waals surface area contributed by atoms with E-state index < -0.39 is 0 Å². The molecule has 2 atom stereocenters. The van der Waals surface area contributed by atoms with Crippen LogP contribution in [0.2, 0.25) is 0 Å². The van der Waals surface area contributed by atoms with Gasteiger partial charge in [0.15, 0.2) is 0 Å². The number of para-hydroxylation sites is 1. The van der Waals surface area contributed by atoms with Crippen LogP contribution in [0.25, 0.3) is 0 Å². The van der Waals surface area contributed by atoms with E-state index >= 15 is 0 Å². The topological polar surface area (TPSA) is 15.3 Å². The monoisotopic (exact) mass is 220 g/mol. The molecule has 2 unspecified atom stereocenters. The van der Waals surface area contributed by atoms with Crippen LogP contribution in [0.1, 0.15) is 20.3 Å². The molecule has 1 aromatic rings. The van der Waals surface area contributed by atoms with Crippen LogP contribution in [0.3, 0.4) is 0 Å². The lowest BCUT2D eigenvalue weighted by molar-refractivity contribution is 0.391. The molecule has 0 saturated heterocycles. The highest BCUT2D eigenvalue weighted by Crippen LogP contribution is 2.14. The molecule has 0 bridgehead atoms. The van der Waals surface area contributed by atoms with Gasteiger partial charge in [-0.2, -0.15) is 0 Å². The lowest BCUT2D eigenvalue weighted by Crippen LogP contribution is -2.42. The minimum Gasteiger partial charge on any atom is -0.373 e. The third kappa shape index (κ3) is 3.53. The molecular formula is C14H24N2. The molecule has 0 heterocycles. The molecule has 0 fully saturated rings. The van der Waals surface area contributed by atoms with E-state index in [1.54, 1.807) is 0 Å². The van der Waals surface area contributed by atoms with Crippen molar-refractivity contribution in [2.45, 2.75) is 26.3 Å². The number of rotatable bonds is 6. The minimum absolute atomic E-state index is 0.551. The van der Waals surface area contributed by atoms with Gasteiger partial charge in [0, 0.05) is 25.3 Å². The van der Waals surface area contributed by atoms with Gasteiger partial charge in [0.1, 0.15) is 0 Å². The molecule has 90 valence electrons. The Morgan fingerprint density at radius 3 is 2.38 bits per heavy atom. The number of likely N-dealkylation sites (N-methyl/N-ethyl adjacent to an activating group) is 2. The molecule has 0 aliphatic carbocycles. The maximum Gasteiger partial charge on any atom is 0.0364 e. The molecule has 0 saturated carbocycles. The average molecular weight is 220 g/mol. The van der Waals surface area contributed by atoms with E-state index in [-0.39, 0.29) is 0 Å². The second kappa shape index (κ2) is 6.54. The first-order valence-electron chi connectivity index (χ1n) is 6.12. The van der Waals surface area contributed by atoms with Gasteiger partial charge in [0.2, 0.25) is 0 Å². The highest BCUT2D eigenvalue weighted by Gasteiger charge is 2.15. The van der Waals surface area contributed by atoms with Crippen molar-refractivity contribution < 1.29 is 0 Å². The van der Waals surface area contributed by atoms with Crippen molar-refractivity contribution in [2.75, 3.05) is 25.5 Å². The van der Waals surface area contributed by atoms with Crippen LogP contribution in [0.4, 0.5) is 5.69 Å². The highest BCUT2D eigenvalue weighted by atomic mass is 15.1. The average Bonchev–Trinajstić information content (AvgIpc) is 2.35. The first-order chi connectivity index (χ1) is 7.69. The maximum atomic E-state index is 3.41. The minimum atomic E-state index is 0.551. The first-order valence-corrected chi connectivity index (χ1v) is 6.12. The Labute approximate surface area is 99.7 Å². The molecule has 0 spiro atoms. The van der Waals surface area contributed by atoms with Crippen LogP contribution in [-0.4, -0.2) is 26.7 Å². The zero-order chi connectivity index (χ0) is 12.0. The molecule has 0 radical (unpaired) electrons. The normalized spacial score (nSPS) is 14.5. The lowest BCUT2D eigenvalue weighted by Gasteiger charge is -2.29. The molecule has 1 rings (SSSR count). The van der Waals surface area contributed by atoms with E-state index in [1.807, 2.05) is 0 Å². The summed E-state index contributed by atoms with van der Waals surface area (Å²) in [4.78, 5) is 2.31. The lowest BCUT2D eigenvalue weighted by atomic mass is 9.99. The fraction of sp³-hybridized carbons (Fsp3) is 0.571. The molecular weight excluding hydrogens is 196 g/mol. The van der Waals surface area contributed by atoms with Crippen molar-refractivity contribution in [2.24, 2.45) is 5.92 Å². The molecule has 0 aromatic heterocycles. The smallest absolute Gasteiger partial charge is 0.0364 e. The van der Waals surface area contributed by atoms with Crippen LogP contribution < -0.4 is 10.2 Å². The third-order valence-corrected chi connectivity index (χ3v) is 3.37. The molecule has 2 nitrogen and oxygen atoms in total. The van der Waals surface area contributed by atoms with Crippen LogP contribution in [-0.2, 0) is 0 Å². The standard InChI is InChI=1S/C14H24N2/c1-5-12(2)14(15-3)11-16(4)13-9-7-6-8-10-13/h6-10,12,14-15H,5,11H2,1-4H3. The quantitative estimate of drug-likeness (QED) is 0.793. The summed E-state index contributed by atoms with van der Waals surface area (Å²) in [6.45, 7) is 5.60. The second-order valence-corrected chi connectivity index (χ2v) is 4.50. The van der Waals surface area contributed by atoms with Gasteiger partial charge in [0.05, 0.1) is 0 Å². The van der Waals surface area contributed by atoms with Gasteiger partial charge in [-0.05, 0) is 25.1 Å². The van der Waals surface area contributed by atoms with Crippen molar-refractivity contribution in [1.82, 2.24) is 5.32 Å². The Morgan fingerprint density at radius 1 is 1.25 bits per heavy atom. The van der Waals surface area contributed by atoms with Gasteiger partial charge in [-0.15, -0.1) is 0 Å². The van der Waals surface area contributed by atoms with E-state index in [0.717, 1.165) is 6.54 Å². The Bertz CT molecular complexity index is 284. The van der Waals surface area contributed by atoms with Crippen molar-refractivity contribution >= 4 is 5.69 Å². The zero-order valence-electron chi connectivity index (χ0n) is 10.9. The summed E-state index contributed by atoms with van der Waals surface area (Å²) >= 11 is 0. The predicted octanol–water partition coefficient (Wildman–Crippen LogP) is 2.76. The first kappa shape index (κ1) is 13.0. The van der Waals surface area contributed by atoms with Crippen molar-refractivity contribution in [3.05, 3.63) is 30.3 Å². The summed E-state index contributed by atoms with van der Waals surface area (Å²) in [5, 5.41) is 3.41. The number of hydrogen-bond donors (Lipinski definition) is 1. The third-order valence-electron chi connectivity index (χ3n) is 3.37. The summed E-state index contributed by atoms with van der Waals surface area (Å²) in [6, 6.07) is 11.1. The Balaban J connectivity index is 2.59. The SMILES string of the molecule is CCC(C)C(CN(C)c1ccccc1)NC. The molecule has 0 amide bonds. The zero-order valence-corrected chi connectivity index (χ0v) is 10.9. The number of benzene rings is 1. The largest absolute Gasteiger partial charge is 0.373 e. The molecule has 2 heteroatoms. The van der Waals surface area contributed by atoms with E-state index in [0.29, 0.717) is 12.0 Å². The fourth-order valence-electron chi connectivity index (χ4n) is 1.92. The Kier molecular flexibility index (Phi) is 5.33. The van der Waals surface area contributed by atoms with Crippen LogP contribution in [0, 0.1) is 5.92 Å². The van der Waals surface area contributed by atoms with Gasteiger partial charge in [0.25, 0.3) is 0 Å². The van der Waals surface area contributed by atoms with Crippen LogP contribution in [0.15, 0.2) is 30.3 Å². The molecule has 1 aromatic carbocycles.